The molecule has 4 rings (SSSR count). The van der Waals surface area contributed by atoms with Gasteiger partial charge >= 0.3 is 0 Å². The van der Waals surface area contributed by atoms with Crippen molar-refractivity contribution in [1.82, 2.24) is 20.6 Å². The van der Waals surface area contributed by atoms with E-state index in [-0.39, 0.29) is 29.9 Å². The van der Waals surface area contributed by atoms with E-state index in [0.29, 0.717) is 5.75 Å². The van der Waals surface area contributed by atoms with Crippen LogP contribution in [0.5, 0.6) is 5.75 Å². The molecule has 0 radical (unpaired) electrons. The van der Waals surface area contributed by atoms with Gasteiger partial charge in [-0.2, -0.15) is 0 Å². The van der Waals surface area contributed by atoms with Crippen LogP contribution in [-0.2, 0) is 13.0 Å². The van der Waals surface area contributed by atoms with Gasteiger partial charge in [0.25, 0.3) is 11.8 Å². The Hall–Kier alpha value is -3.61. The van der Waals surface area contributed by atoms with Gasteiger partial charge in [-0.15, -0.1) is 0 Å². The molecule has 0 saturated heterocycles. The largest absolute Gasteiger partial charge is 0.496 e. The molecule has 7 nitrogen and oxygen atoms in total. The fraction of sp³-hybridized carbons (Fsp3) is 0.227. The molecule has 7 heteroatoms. The number of para-hydroxylation sites is 1. The number of amides is 2. The third kappa shape index (κ3) is 3.85. The van der Waals surface area contributed by atoms with Crippen molar-refractivity contribution < 1.29 is 14.3 Å². The minimum Gasteiger partial charge on any atom is -0.496 e. The van der Waals surface area contributed by atoms with Crippen LogP contribution in [0.25, 0.3) is 0 Å². The highest BCUT2D eigenvalue weighted by Gasteiger charge is 2.27. The molecule has 1 atom stereocenters. The molecule has 0 unspecified atom stereocenters. The van der Waals surface area contributed by atoms with E-state index in [9.17, 15) is 9.59 Å². The molecule has 0 aliphatic heterocycles. The number of nitrogens with one attached hydrogen (secondary N) is 3. The first-order valence-corrected chi connectivity index (χ1v) is 9.49. The maximum Gasteiger partial charge on any atom is 0.272 e. The molecule has 0 fully saturated rings. The number of carbonyl (C=O) groups is 2. The summed E-state index contributed by atoms with van der Waals surface area (Å²) in [7, 11) is 1.58. The summed E-state index contributed by atoms with van der Waals surface area (Å²) in [5.74, 6) is -0.0731. The summed E-state index contributed by atoms with van der Waals surface area (Å²) in [6.45, 7) is 0.277. The number of carbonyl (C=O) groups excluding carboxylic acids is 2. The summed E-state index contributed by atoms with van der Waals surface area (Å²) < 4.78 is 5.30. The van der Waals surface area contributed by atoms with E-state index in [1.54, 1.807) is 7.11 Å². The maximum atomic E-state index is 12.8. The fourth-order valence-corrected chi connectivity index (χ4v) is 3.69. The van der Waals surface area contributed by atoms with Crippen LogP contribution < -0.4 is 15.4 Å². The lowest BCUT2D eigenvalue weighted by Gasteiger charge is -2.14. The van der Waals surface area contributed by atoms with Crippen LogP contribution in [-0.4, -0.2) is 28.9 Å². The van der Waals surface area contributed by atoms with Crippen LogP contribution in [0, 0.1) is 0 Å². The Kier molecular flexibility index (Phi) is 5.29. The average Bonchev–Trinajstić information content (AvgIpc) is 3.40. The summed E-state index contributed by atoms with van der Waals surface area (Å²) in [5, 5.41) is 5.81. The molecule has 29 heavy (non-hydrogen) atoms. The number of ether oxygens (including phenoxy) is 1. The molecule has 2 amide bonds. The predicted molar refractivity (Wildman–Crippen MR) is 108 cm³/mol. The first-order valence-electron chi connectivity index (χ1n) is 9.49. The molecule has 0 spiro atoms. The number of hydrogen-bond acceptors (Lipinski definition) is 4. The van der Waals surface area contributed by atoms with Gasteiger partial charge in [0.1, 0.15) is 11.4 Å². The van der Waals surface area contributed by atoms with Gasteiger partial charge in [0.2, 0.25) is 0 Å². The van der Waals surface area contributed by atoms with E-state index in [0.717, 1.165) is 24.0 Å². The summed E-state index contributed by atoms with van der Waals surface area (Å²) in [4.78, 5) is 32.3. The first-order chi connectivity index (χ1) is 14.2. The van der Waals surface area contributed by atoms with Crippen molar-refractivity contribution in [2.75, 3.05) is 7.11 Å². The number of hydrogen-bond donors (Lipinski definition) is 3. The van der Waals surface area contributed by atoms with E-state index in [4.69, 9.17) is 4.74 Å². The zero-order chi connectivity index (χ0) is 20.2. The molecule has 1 aliphatic rings. The normalized spacial score (nSPS) is 14.9. The zero-order valence-electron chi connectivity index (χ0n) is 16.1. The number of H-pyrrole nitrogens is 1. The van der Waals surface area contributed by atoms with Crippen LogP contribution in [0.2, 0.25) is 0 Å². The lowest BCUT2D eigenvalue weighted by Crippen LogP contribution is -2.31. The van der Waals surface area contributed by atoms with Crippen molar-refractivity contribution in [2.45, 2.75) is 25.4 Å². The van der Waals surface area contributed by atoms with Gasteiger partial charge in [0.15, 0.2) is 5.69 Å². The third-order valence-corrected chi connectivity index (χ3v) is 5.15. The molecule has 0 bridgehead atoms. The third-order valence-electron chi connectivity index (χ3n) is 5.15. The topological polar surface area (TPSA) is 96.1 Å². The van der Waals surface area contributed by atoms with Gasteiger partial charge in [-0.1, -0.05) is 42.5 Å². The number of aromatic nitrogens is 2. The number of imidazole rings is 1. The number of benzene rings is 2. The Balaban J connectivity index is 1.44. The maximum absolute atomic E-state index is 12.8. The van der Waals surface area contributed by atoms with E-state index in [2.05, 4.69) is 26.7 Å². The molecule has 1 aliphatic carbocycles. The second-order valence-electron chi connectivity index (χ2n) is 6.88. The Morgan fingerprint density at radius 2 is 1.93 bits per heavy atom. The summed E-state index contributed by atoms with van der Waals surface area (Å²) in [6.07, 6.45) is 3.12. The van der Waals surface area contributed by atoms with Crippen molar-refractivity contribution in [1.29, 1.82) is 0 Å². The van der Waals surface area contributed by atoms with Gasteiger partial charge in [-0.25, -0.2) is 4.98 Å². The van der Waals surface area contributed by atoms with Crippen molar-refractivity contribution in [3.05, 3.63) is 82.9 Å². The van der Waals surface area contributed by atoms with Crippen LogP contribution in [0.3, 0.4) is 0 Å². The van der Waals surface area contributed by atoms with E-state index in [1.807, 2.05) is 42.5 Å². The minimum absolute atomic E-state index is 0.0695. The highest BCUT2D eigenvalue weighted by atomic mass is 16.5. The van der Waals surface area contributed by atoms with Gasteiger partial charge in [-0.3, -0.25) is 9.59 Å². The average molecular weight is 390 g/mol. The van der Waals surface area contributed by atoms with Gasteiger partial charge in [0.05, 0.1) is 19.5 Å². The van der Waals surface area contributed by atoms with Crippen molar-refractivity contribution >= 4 is 11.8 Å². The number of nitrogens with zero attached hydrogens (tertiary/aromatic N) is 1. The Labute approximate surface area is 168 Å². The molecule has 2 aromatic carbocycles. The molecule has 3 aromatic rings. The molecule has 1 aromatic heterocycles. The standard InChI is InChI=1S/C22H22N4O3/c1-29-18-9-5-3-7-15(18)12-23-21(27)19-20(25-13-24-19)22(28)26-17-11-10-14-6-2-4-8-16(14)17/h2-9,13,17H,10-12H2,1H3,(H,23,27)(H,24,25)(H,26,28)/t17-/m1/s1. The van der Waals surface area contributed by atoms with Crippen LogP contribution >= 0.6 is 0 Å². The molecule has 0 saturated carbocycles. The highest BCUT2D eigenvalue weighted by Crippen LogP contribution is 2.30. The quantitative estimate of drug-likeness (QED) is 0.603. The monoisotopic (exact) mass is 390 g/mol. The van der Waals surface area contributed by atoms with Crippen LogP contribution in [0.1, 0.15) is 50.1 Å². The lowest BCUT2D eigenvalue weighted by molar-refractivity contribution is 0.0903. The molecule has 3 N–H and O–H groups in total. The minimum atomic E-state index is -0.398. The Morgan fingerprint density at radius 3 is 2.79 bits per heavy atom. The molecular formula is C22H22N4O3. The number of aryl methyl sites for hydroxylation is 1. The number of methoxy groups -OCH3 is 1. The van der Waals surface area contributed by atoms with Crippen molar-refractivity contribution in [3.8, 4) is 5.75 Å². The zero-order valence-corrected chi connectivity index (χ0v) is 16.1. The van der Waals surface area contributed by atoms with E-state index < -0.39 is 5.91 Å². The van der Waals surface area contributed by atoms with E-state index in [1.165, 1.54) is 11.9 Å². The fourth-order valence-electron chi connectivity index (χ4n) is 3.69. The van der Waals surface area contributed by atoms with Crippen molar-refractivity contribution in [2.24, 2.45) is 0 Å². The molecule has 1 heterocycles. The van der Waals surface area contributed by atoms with Gasteiger partial charge in [0, 0.05) is 12.1 Å². The van der Waals surface area contributed by atoms with E-state index >= 15 is 0 Å². The van der Waals surface area contributed by atoms with Crippen molar-refractivity contribution in [3.63, 3.8) is 0 Å². The second-order valence-corrected chi connectivity index (χ2v) is 6.88. The van der Waals surface area contributed by atoms with Gasteiger partial charge < -0.3 is 20.4 Å². The summed E-state index contributed by atoms with van der Waals surface area (Å²) >= 11 is 0. The smallest absolute Gasteiger partial charge is 0.272 e. The van der Waals surface area contributed by atoms with Crippen LogP contribution in [0.15, 0.2) is 54.9 Å². The first kappa shape index (κ1) is 18.7. The summed E-state index contributed by atoms with van der Waals surface area (Å²) in [6, 6.07) is 15.4. The van der Waals surface area contributed by atoms with Gasteiger partial charge in [-0.05, 0) is 30.0 Å². The van der Waals surface area contributed by atoms with Crippen LogP contribution in [0.4, 0.5) is 0 Å². The Morgan fingerprint density at radius 1 is 1.14 bits per heavy atom. The molecule has 148 valence electrons. The SMILES string of the molecule is COc1ccccc1CNC(=O)c1[nH]cnc1C(=O)N[C@@H]1CCc2ccccc21. The highest BCUT2D eigenvalue weighted by molar-refractivity contribution is 6.04. The summed E-state index contributed by atoms with van der Waals surface area (Å²) in [5.41, 5.74) is 3.44. The number of fused-ring (bicyclic) bond motifs is 1. The lowest BCUT2D eigenvalue weighted by atomic mass is 10.1. The predicted octanol–water partition coefficient (Wildman–Crippen LogP) is 2.77. The second kappa shape index (κ2) is 8.18. The number of rotatable bonds is 6. The molecular weight excluding hydrogens is 368 g/mol. The number of aromatic amines is 1. The Bertz CT molecular complexity index is 1040.